The fourth-order valence-corrected chi connectivity index (χ4v) is 4.91. The number of aliphatic hydroxyl groups is 1. The fourth-order valence-electron chi connectivity index (χ4n) is 4.91. The van der Waals surface area contributed by atoms with E-state index in [2.05, 4.69) is 11.8 Å². The van der Waals surface area contributed by atoms with Gasteiger partial charge in [-0.1, -0.05) is 56.3 Å². The largest absolute Gasteiger partial charge is 0.399 e. The zero-order valence-corrected chi connectivity index (χ0v) is 24.8. The first-order valence-electron chi connectivity index (χ1n) is 13.4. The molecule has 0 unspecified atom stereocenters. The van der Waals surface area contributed by atoms with Gasteiger partial charge in [-0.2, -0.15) is 0 Å². The van der Waals surface area contributed by atoms with Crippen LogP contribution in [-0.4, -0.2) is 54.9 Å². The SMILES string of the molecule is CCCn1c(=O)c2c(nc(Cc3ccccc3)n2CCN(CC)CCO)n(CCc2cccc(N)c2)c1=O.Cl.Cl. The molecule has 0 atom stereocenters. The van der Waals surface area contributed by atoms with Crippen LogP contribution >= 0.6 is 24.8 Å². The molecule has 0 spiro atoms. The number of anilines is 1. The van der Waals surface area contributed by atoms with Crippen molar-refractivity contribution >= 4 is 41.7 Å². The number of halogens is 2. The van der Waals surface area contributed by atoms with Gasteiger partial charge in [0.1, 0.15) is 5.82 Å². The Labute approximate surface area is 247 Å². The summed E-state index contributed by atoms with van der Waals surface area (Å²) in [6.07, 6.45) is 1.80. The molecule has 0 radical (unpaired) electrons. The van der Waals surface area contributed by atoms with Crippen molar-refractivity contribution in [3.63, 3.8) is 0 Å². The van der Waals surface area contributed by atoms with Crippen molar-refractivity contribution in [1.29, 1.82) is 0 Å². The highest BCUT2D eigenvalue weighted by Gasteiger charge is 2.22. The zero-order chi connectivity index (χ0) is 27.1. The minimum Gasteiger partial charge on any atom is -0.399 e. The average molecular weight is 592 g/mol. The minimum absolute atomic E-state index is 0. The number of nitrogen functional groups attached to an aromatic ring is 1. The second kappa shape index (κ2) is 15.6. The van der Waals surface area contributed by atoms with Crippen LogP contribution in [0.1, 0.15) is 37.2 Å². The van der Waals surface area contributed by atoms with Crippen LogP contribution in [0.4, 0.5) is 5.69 Å². The molecule has 40 heavy (non-hydrogen) atoms. The Morgan fingerprint density at radius 3 is 2.25 bits per heavy atom. The van der Waals surface area contributed by atoms with Gasteiger partial charge in [-0.15, -0.1) is 24.8 Å². The standard InChI is InChI=1S/C29H38N6O3.2ClH/c1-3-14-35-28(37)26-27(34(29(35)38)15-13-23-11-8-12-24(30)20-23)31-25(21-22-9-6-5-7-10-22)33(26)17-16-32(4-2)18-19-36;;/h5-12,20,36H,3-4,13-19,21,30H2,1-2H3;2*1H. The van der Waals surface area contributed by atoms with Crippen LogP contribution in [0.15, 0.2) is 64.2 Å². The molecule has 11 heteroatoms. The molecule has 0 aliphatic rings. The number of likely N-dealkylation sites (N-methyl/N-ethyl adjacent to an activating group) is 1. The molecule has 4 rings (SSSR count). The minimum atomic E-state index is -0.334. The lowest BCUT2D eigenvalue weighted by atomic mass is 10.1. The second-order valence-corrected chi connectivity index (χ2v) is 9.56. The summed E-state index contributed by atoms with van der Waals surface area (Å²) in [5.41, 5.74) is 8.98. The lowest BCUT2D eigenvalue weighted by Crippen LogP contribution is -2.41. The molecule has 3 N–H and O–H groups in total. The van der Waals surface area contributed by atoms with E-state index in [0.717, 1.165) is 23.5 Å². The third-order valence-corrected chi connectivity index (χ3v) is 6.92. The van der Waals surface area contributed by atoms with Gasteiger partial charge in [0.05, 0.1) is 6.61 Å². The van der Waals surface area contributed by atoms with Gasteiger partial charge >= 0.3 is 5.69 Å². The number of benzene rings is 2. The lowest BCUT2D eigenvalue weighted by Gasteiger charge is -2.20. The van der Waals surface area contributed by atoms with Crippen LogP contribution in [0.25, 0.3) is 11.2 Å². The van der Waals surface area contributed by atoms with Gasteiger partial charge in [0.2, 0.25) is 0 Å². The van der Waals surface area contributed by atoms with Crippen molar-refractivity contribution < 1.29 is 5.11 Å². The number of aliphatic hydroxyl groups excluding tert-OH is 1. The van der Waals surface area contributed by atoms with Crippen LogP contribution in [0.3, 0.4) is 0 Å². The first-order chi connectivity index (χ1) is 18.5. The highest BCUT2D eigenvalue weighted by Crippen LogP contribution is 2.17. The van der Waals surface area contributed by atoms with Crippen LogP contribution in [0, 0.1) is 0 Å². The van der Waals surface area contributed by atoms with Gasteiger partial charge in [-0.25, -0.2) is 9.78 Å². The maximum absolute atomic E-state index is 13.8. The monoisotopic (exact) mass is 590 g/mol. The number of aryl methyl sites for hydroxylation is 2. The quantitative estimate of drug-likeness (QED) is 0.231. The van der Waals surface area contributed by atoms with Crippen LogP contribution < -0.4 is 17.0 Å². The molecule has 0 aliphatic heterocycles. The molecule has 0 amide bonds. The van der Waals surface area contributed by atoms with Gasteiger partial charge < -0.3 is 15.4 Å². The van der Waals surface area contributed by atoms with E-state index in [1.165, 1.54) is 4.57 Å². The molecule has 2 aromatic heterocycles. The van der Waals surface area contributed by atoms with E-state index in [1.54, 1.807) is 4.57 Å². The second-order valence-electron chi connectivity index (χ2n) is 9.56. The van der Waals surface area contributed by atoms with E-state index in [-0.39, 0.29) is 42.7 Å². The maximum Gasteiger partial charge on any atom is 0.332 e. The van der Waals surface area contributed by atoms with E-state index in [9.17, 15) is 14.7 Å². The molecule has 4 aromatic rings. The molecule has 0 bridgehead atoms. The third kappa shape index (κ3) is 7.54. The third-order valence-electron chi connectivity index (χ3n) is 6.92. The summed E-state index contributed by atoms with van der Waals surface area (Å²) in [5, 5.41) is 9.46. The van der Waals surface area contributed by atoms with E-state index >= 15 is 0 Å². The van der Waals surface area contributed by atoms with E-state index in [4.69, 9.17) is 10.7 Å². The summed E-state index contributed by atoms with van der Waals surface area (Å²) in [6, 6.07) is 17.6. The Morgan fingerprint density at radius 2 is 1.60 bits per heavy atom. The number of imidazole rings is 1. The summed E-state index contributed by atoms with van der Waals surface area (Å²) in [4.78, 5) is 34.4. The maximum atomic E-state index is 13.8. The number of hydrogen-bond acceptors (Lipinski definition) is 6. The number of hydrogen-bond donors (Lipinski definition) is 2. The summed E-state index contributed by atoms with van der Waals surface area (Å²) in [7, 11) is 0. The number of aromatic nitrogens is 4. The Morgan fingerprint density at radius 1 is 0.875 bits per heavy atom. The highest BCUT2D eigenvalue weighted by atomic mass is 35.5. The van der Waals surface area contributed by atoms with Crippen molar-refractivity contribution in [3.05, 3.63) is 92.4 Å². The Hall–Kier alpha value is -3.11. The van der Waals surface area contributed by atoms with Gasteiger partial charge in [0, 0.05) is 44.8 Å². The number of nitrogens with zero attached hydrogens (tertiary/aromatic N) is 5. The molecule has 0 aliphatic carbocycles. The molecule has 2 heterocycles. The van der Waals surface area contributed by atoms with E-state index in [1.807, 2.05) is 66.1 Å². The van der Waals surface area contributed by atoms with Crippen molar-refractivity contribution in [2.75, 3.05) is 32.0 Å². The van der Waals surface area contributed by atoms with Gasteiger partial charge in [-0.05, 0) is 42.6 Å². The highest BCUT2D eigenvalue weighted by molar-refractivity contribution is 5.85. The van der Waals surface area contributed by atoms with Crippen molar-refractivity contribution in [3.8, 4) is 0 Å². The number of fused-ring (bicyclic) bond motifs is 1. The predicted octanol–water partition coefficient (Wildman–Crippen LogP) is 3.34. The summed E-state index contributed by atoms with van der Waals surface area (Å²) < 4.78 is 4.97. The normalized spacial score (nSPS) is 11.0. The van der Waals surface area contributed by atoms with E-state index in [0.29, 0.717) is 68.8 Å². The lowest BCUT2D eigenvalue weighted by molar-refractivity contribution is 0.197. The summed E-state index contributed by atoms with van der Waals surface area (Å²) in [5.74, 6) is 0.745. The smallest absolute Gasteiger partial charge is 0.332 e. The number of rotatable bonds is 13. The Kier molecular flexibility index (Phi) is 12.9. The Bertz CT molecular complexity index is 1480. The van der Waals surface area contributed by atoms with Gasteiger partial charge in [0.25, 0.3) is 5.56 Å². The predicted molar refractivity (Wildman–Crippen MR) is 166 cm³/mol. The molecular weight excluding hydrogens is 551 g/mol. The topological polar surface area (TPSA) is 111 Å². The van der Waals surface area contributed by atoms with E-state index < -0.39 is 0 Å². The van der Waals surface area contributed by atoms with Crippen molar-refractivity contribution in [2.24, 2.45) is 0 Å². The first-order valence-corrected chi connectivity index (χ1v) is 13.4. The first kappa shape index (κ1) is 33.1. The average Bonchev–Trinajstić information content (AvgIpc) is 3.27. The summed E-state index contributed by atoms with van der Waals surface area (Å²) >= 11 is 0. The zero-order valence-electron chi connectivity index (χ0n) is 23.2. The number of nitrogens with two attached hydrogens (primary N) is 1. The van der Waals surface area contributed by atoms with Gasteiger partial charge in [0.15, 0.2) is 11.2 Å². The fraction of sp³-hybridized carbons (Fsp3) is 0.414. The molecule has 2 aromatic carbocycles. The van der Waals surface area contributed by atoms with Gasteiger partial charge in [-0.3, -0.25) is 18.8 Å². The molecule has 218 valence electrons. The Balaban J connectivity index is 0.00000280. The molecule has 0 saturated heterocycles. The van der Waals surface area contributed by atoms with Crippen LogP contribution in [0.5, 0.6) is 0 Å². The van der Waals surface area contributed by atoms with Crippen molar-refractivity contribution in [1.82, 2.24) is 23.6 Å². The molecule has 0 saturated carbocycles. The van der Waals surface area contributed by atoms with Crippen LogP contribution in [-0.2, 0) is 32.5 Å². The molecular formula is C29H40Cl2N6O3. The van der Waals surface area contributed by atoms with Crippen molar-refractivity contribution in [2.45, 2.75) is 52.7 Å². The van der Waals surface area contributed by atoms with Crippen LogP contribution in [0.2, 0.25) is 0 Å². The molecule has 0 fully saturated rings. The molecule has 9 nitrogen and oxygen atoms in total. The summed E-state index contributed by atoms with van der Waals surface area (Å²) in [6.45, 7) is 7.33.